The molecule has 0 N–H and O–H groups in total. The SMILES string of the molecule is COC(=O)c1ccc(C(=O)Sc2ccc(Cl)c(Cl)c2)o1. The molecule has 1 aromatic heterocycles. The zero-order valence-electron chi connectivity index (χ0n) is 10.2. The van der Waals surface area contributed by atoms with Crippen molar-refractivity contribution in [1.82, 2.24) is 0 Å². The van der Waals surface area contributed by atoms with Gasteiger partial charge in [0, 0.05) is 4.90 Å². The minimum absolute atomic E-state index is 0.0226. The molecule has 7 heteroatoms. The van der Waals surface area contributed by atoms with E-state index in [4.69, 9.17) is 27.6 Å². The standard InChI is InChI=1S/C13H8Cl2O4S/c1-18-12(16)10-4-5-11(19-10)13(17)20-7-2-3-8(14)9(15)6-7/h2-6H,1H3. The van der Waals surface area contributed by atoms with E-state index < -0.39 is 5.97 Å². The summed E-state index contributed by atoms with van der Waals surface area (Å²) in [5.74, 6) is -0.601. The van der Waals surface area contributed by atoms with Gasteiger partial charge in [0.25, 0.3) is 5.12 Å². The number of esters is 1. The van der Waals surface area contributed by atoms with E-state index in [0.717, 1.165) is 11.8 Å². The van der Waals surface area contributed by atoms with Gasteiger partial charge in [0.05, 0.1) is 17.2 Å². The predicted molar refractivity (Wildman–Crippen MR) is 76.7 cm³/mol. The number of halogens is 2. The van der Waals surface area contributed by atoms with Crippen molar-refractivity contribution in [3.05, 3.63) is 51.9 Å². The van der Waals surface area contributed by atoms with Crippen molar-refractivity contribution >= 4 is 46.0 Å². The third-order valence-corrected chi connectivity index (χ3v) is 3.91. The molecule has 0 saturated heterocycles. The third-order valence-electron chi connectivity index (χ3n) is 2.30. The molecule has 0 aliphatic carbocycles. The Balaban J connectivity index is 2.13. The van der Waals surface area contributed by atoms with E-state index in [1.54, 1.807) is 18.2 Å². The van der Waals surface area contributed by atoms with Gasteiger partial charge in [-0.15, -0.1) is 0 Å². The van der Waals surface area contributed by atoms with E-state index in [-0.39, 0.29) is 16.6 Å². The fraction of sp³-hybridized carbons (Fsp3) is 0.0769. The van der Waals surface area contributed by atoms with Crippen molar-refractivity contribution < 1.29 is 18.7 Å². The average molecular weight is 331 g/mol. The van der Waals surface area contributed by atoms with Gasteiger partial charge < -0.3 is 9.15 Å². The fourth-order valence-corrected chi connectivity index (χ4v) is 2.46. The van der Waals surface area contributed by atoms with E-state index in [1.807, 2.05) is 0 Å². The second-order valence-electron chi connectivity index (χ2n) is 3.62. The second-order valence-corrected chi connectivity index (χ2v) is 5.48. The van der Waals surface area contributed by atoms with Crippen molar-refractivity contribution in [3.8, 4) is 0 Å². The third kappa shape index (κ3) is 3.36. The van der Waals surface area contributed by atoms with E-state index in [2.05, 4.69) is 4.74 Å². The van der Waals surface area contributed by atoms with Gasteiger partial charge in [-0.1, -0.05) is 23.2 Å². The Morgan fingerprint density at radius 1 is 1.10 bits per heavy atom. The monoisotopic (exact) mass is 330 g/mol. The Kier molecular flexibility index (Phi) is 4.75. The summed E-state index contributed by atoms with van der Waals surface area (Å²) < 4.78 is 9.61. The Labute approximate surface area is 129 Å². The Bertz CT molecular complexity index is 666. The van der Waals surface area contributed by atoms with Crippen LogP contribution < -0.4 is 0 Å². The van der Waals surface area contributed by atoms with Crippen molar-refractivity contribution in [2.24, 2.45) is 0 Å². The van der Waals surface area contributed by atoms with Gasteiger partial charge in [-0.05, 0) is 42.1 Å². The normalized spacial score (nSPS) is 10.3. The van der Waals surface area contributed by atoms with Gasteiger partial charge in [-0.3, -0.25) is 4.79 Å². The minimum Gasteiger partial charge on any atom is -0.463 e. The van der Waals surface area contributed by atoms with Crippen molar-refractivity contribution in [2.45, 2.75) is 4.90 Å². The molecule has 0 bridgehead atoms. The van der Waals surface area contributed by atoms with Crippen molar-refractivity contribution in [3.63, 3.8) is 0 Å². The number of ether oxygens (including phenoxy) is 1. The van der Waals surface area contributed by atoms with Crippen LogP contribution in [0.3, 0.4) is 0 Å². The molecule has 0 fully saturated rings. The van der Waals surface area contributed by atoms with Crippen LogP contribution in [-0.2, 0) is 4.74 Å². The molecule has 0 radical (unpaired) electrons. The van der Waals surface area contributed by atoms with Crippen molar-refractivity contribution in [1.29, 1.82) is 0 Å². The summed E-state index contributed by atoms with van der Waals surface area (Å²) in [7, 11) is 1.23. The Morgan fingerprint density at radius 3 is 2.45 bits per heavy atom. The van der Waals surface area contributed by atoms with Gasteiger partial charge in [0.15, 0.2) is 5.76 Å². The Hall–Kier alpha value is -1.43. The first-order valence-corrected chi connectivity index (χ1v) is 6.94. The number of benzene rings is 1. The zero-order chi connectivity index (χ0) is 14.7. The number of carbonyl (C=O) groups excluding carboxylic acids is 2. The van der Waals surface area contributed by atoms with E-state index in [9.17, 15) is 9.59 Å². The molecule has 0 spiro atoms. The lowest BCUT2D eigenvalue weighted by atomic mass is 10.4. The summed E-state index contributed by atoms with van der Waals surface area (Å²) in [5, 5.41) is 0.423. The first kappa shape index (κ1) is 15.0. The van der Waals surface area contributed by atoms with Crippen LogP contribution in [0.5, 0.6) is 0 Å². The van der Waals surface area contributed by atoms with Gasteiger partial charge in [0.2, 0.25) is 5.76 Å². The lowest BCUT2D eigenvalue weighted by Gasteiger charge is -2.00. The molecule has 4 nitrogen and oxygen atoms in total. The number of hydrogen-bond acceptors (Lipinski definition) is 5. The average Bonchev–Trinajstić information content (AvgIpc) is 2.92. The molecule has 20 heavy (non-hydrogen) atoms. The summed E-state index contributed by atoms with van der Waals surface area (Å²) in [6.45, 7) is 0. The van der Waals surface area contributed by atoms with Gasteiger partial charge in [-0.2, -0.15) is 0 Å². The summed E-state index contributed by atoms with van der Waals surface area (Å²) in [6, 6.07) is 7.65. The molecule has 0 unspecified atom stereocenters. The number of thioether (sulfide) groups is 1. The molecule has 2 aromatic rings. The highest BCUT2D eigenvalue weighted by Gasteiger charge is 2.17. The topological polar surface area (TPSA) is 56.5 Å². The molecule has 0 amide bonds. The van der Waals surface area contributed by atoms with Crippen LogP contribution in [-0.4, -0.2) is 18.2 Å². The number of carbonyl (C=O) groups is 2. The van der Waals surface area contributed by atoms with Gasteiger partial charge in [-0.25, -0.2) is 4.79 Å². The molecular formula is C13H8Cl2O4S. The van der Waals surface area contributed by atoms with Crippen LogP contribution in [0.25, 0.3) is 0 Å². The number of hydrogen-bond donors (Lipinski definition) is 0. The van der Waals surface area contributed by atoms with Crippen LogP contribution in [0.15, 0.2) is 39.6 Å². The molecule has 104 valence electrons. The number of rotatable bonds is 3. The molecule has 0 aliphatic rings. The number of furan rings is 1. The first-order chi connectivity index (χ1) is 9.51. The lowest BCUT2D eigenvalue weighted by molar-refractivity contribution is 0.0563. The maximum Gasteiger partial charge on any atom is 0.373 e. The Morgan fingerprint density at radius 2 is 1.80 bits per heavy atom. The fourth-order valence-electron chi connectivity index (χ4n) is 1.36. The molecule has 0 saturated carbocycles. The lowest BCUT2D eigenvalue weighted by Crippen LogP contribution is -1.98. The van der Waals surface area contributed by atoms with Crippen LogP contribution >= 0.6 is 35.0 Å². The van der Waals surface area contributed by atoms with E-state index >= 15 is 0 Å². The molecule has 0 aliphatic heterocycles. The molecule has 1 aromatic carbocycles. The largest absolute Gasteiger partial charge is 0.463 e. The summed E-state index contributed by atoms with van der Waals surface area (Å²) in [4.78, 5) is 23.8. The highest BCUT2D eigenvalue weighted by atomic mass is 35.5. The summed E-state index contributed by atoms with van der Waals surface area (Å²) >= 11 is 12.6. The highest BCUT2D eigenvalue weighted by Crippen LogP contribution is 2.30. The molecule has 2 rings (SSSR count). The van der Waals surface area contributed by atoms with Gasteiger partial charge in [0.1, 0.15) is 0 Å². The summed E-state index contributed by atoms with van der Waals surface area (Å²) in [6.07, 6.45) is 0. The molecular weight excluding hydrogens is 323 g/mol. The second kappa shape index (κ2) is 6.35. The van der Waals surface area contributed by atoms with Crippen LogP contribution in [0.4, 0.5) is 0 Å². The van der Waals surface area contributed by atoms with Crippen LogP contribution in [0.2, 0.25) is 10.0 Å². The quantitative estimate of drug-likeness (QED) is 0.620. The zero-order valence-corrected chi connectivity index (χ0v) is 12.5. The van der Waals surface area contributed by atoms with Crippen LogP contribution in [0.1, 0.15) is 21.1 Å². The van der Waals surface area contributed by atoms with Gasteiger partial charge >= 0.3 is 5.97 Å². The van der Waals surface area contributed by atoms with Crippen LogP contribution in [0, 0.1) is 0 Å². The van der Waals surface area contributed by atoms with E-state index in [0.29, 0.717) is 14.9 Å². The van der Waals surface area contributed by atoms with E-state index in [1.165, 1.54) is 19.2 Å². The summed E-state index contributed by atoms with van der Waals surface area (Å²) in [5.41, 5.74) is 0. The highest BCUT2D eigenvalue weighted by molar-refractivity contribution is 8.14. The smallest absolute Gasteiger partial charge is 0.373 e. The maximum absolute atomic E-state index is 12.0. The first-order valence-electron chi connectivity index (χ1n) is 5.36. The predicted octanol–water partition coefficient (Wildman–Crippen LogP) is 4.31. The minimum atomic E-state index is -0.636. The molecule has 0 atom stereocenters. The van der Waals surface area contributed by atoms with Crippen molar-refractivity contribution in [2.75, 3.05) is 7.11 Å². The molecule has 1 heterocycles. The maximum atomic E-state index is 12.0. The number of methoxy groups -OCH3 is 1.